The number of aromatic nitrogens is 3. The number of nitrogens with zero attached hydrogens (tertiary/aromatic N) is 5. The number of hydrogen-bond acceptors (Lipinski definition) is 4. The first-order chi connectivity index (χ1) is 17.5. The third-order valence-electron chi connectivity index (χ3n) is 8.08. The van der Waals surface area contributed by atoms with Gasteiger partial charge in [-0.15, -0.1) is 0 Å². The molecule has 0 radical (unpaired) electrons. The summed E-state index contributed by atoms with van der Waals surface area (Å²) in [5.74, 6) is -0.0886. The summed E-state index contributed by atoms with van der Waals surface area (Å²) in [7, 11) is 1.89. The zero-order chi connectivity index (χ0) is 24.8. The van der Waals surface area contributed by atoms with Gasteiger partial charge in [0.15, 0.2) is 5.69 Å². The summed E-state index contributed by atoms with van der Waals surface area (Å²) >= 11 is 0. The SMILES string of the molecule is Cc1ccc(-n2nc(C(=O)N3CCC(N4CCCCC4)CC3)c3c4ccccc4n(C)c3c2=O)cc1. The Morgan fingerprint density at radius 2 is 1.61 bits per heavy atom. The first-order valence-electron chi connectivity index (χ1n) is 13.1. The van der Waals surface area contributed by atoms with E-state index < -0.39 is 0 Å². The van der Waals surface area contributed by atoms with Crippen molar-refractivity contribution < 1.29 is 4.79 Å². The van der Waals surface area contributed by atoms with Crippen molar-refractivity contribution in [3.63, 3.8) is 0 Å². The Balaban J connectivity index is 1.44. The maximum atomic E-state index is 14.0. The lowest BCUT2D eigenvalue weighted by molar-refractivity contribution is 0.0585. The van der Waals surface area contributed by atoms with E-state index in [2.05, 4.69) is 4.90 Å². The highest BCUT2D eigenvalue weighted by Gasteiger charge is 2.31. The van der Waals surface area contributed by atoms with E-state index in [0.717, 1.165) is 42.4 Å². The molecule has 0 unspecified atom stereocenters. The van der Waals surface area contributed by atoms with Gasteiger partial charge in [0, 0.05) is 42.5 Å². The third-order valence-corrected chi connectivity index (χ3v) is 8.08. The molecule has 0 bridgehead atoms. The number of para-hydroxylation sites is 1. The van der Waals surface area contributed by atoms with Crippen LogP contribution in [0.3, 0.4) is 0 Å². The minimum absolute atomic E-state index is 0.0886. The monoisotopic (exact) mass is 483 g/mol. The molecular weight excluding hydrogens is 450 g/mol. The van der Waals surface area contributed by atoms with Crippen molar-refractivity contribution >= 4 is 27.7 Å². The van der Waals surface area contributed by atoms with Crippen LogP contribution in [0.5, 0.6) is 0 Å². The summed E-state index contributed by atoms with van der Waals surface area (Å²) in [5, 5.41) is 6.29. The predicted molar refractivity (Wildman–Crippen MR) is 143 cm³/mol. The highest BCUT2D eigenvalue weighted by atomic mass is 16.2. The van der Waals surface area contributed by atoms with Crippen LogP contribution >= 0.6 is 0 Å². The number of carbonyl (C=O) groups is 1. The second-order valence-electron chi connectivity index (χ2n) is 10.3. The van der Waals surface area contributed by atoms with Crippen LogP contribution < -0.4 is 5.56 Å². The highest BCUT2D eigenvalue weighted by molar-refractivity contribution is 6.16. The Hall–Kier alpha value is -3.45. The molecule has 0 atom stereocenters. The Morgan fingerprint density at radius 3 is 2.33 bits per heavy atom. The number of piperidine rings is 2. The molecule has 1 amide bonds. The second-order valence-corrected chi connectivity index (χ2v) is 10.3. The molecule has 2 aliphatic heterocycles. The van der Waals surface area contributed by atoms with Crippen LogP contribution in [0.1, 0.15) is 48.2 Å². The lowest BCUT2D eigenvalue weighted by Crippen LogP contribution is -2.48. The molecule has 4 aromatic rings. The van der Waals surface area contributed by atoms with Crippen LogP contribution in [0, 0.1) is 6.92 Å². The molecule has 2 aromatic heterocycles. The topological polar surface area (TPSA) is 63.4 Å². The summed E-state index contributed by atoms with van der Waals surface area (Å²) in [5.41, 5.74) is 3.34. The van der Waals surface area contributed by atoms with E-state index in [4.69, 9.17) is 5.10 Å². The fourth-order valence-corrected chi connectivity index (χ4v) is 6.06. The summed E-state index contributed by atoms with van der Waals surface area (Å²) in [6.07, 6.45) is 5.87. The highest BCUT2D eigenvalue weighted by Crippen LogP contribution is 2.30. The first kappa shape index (κ1) is 23.0. The minimum Gasteiger partial charge on any atom is -0.339 e. The van der Waals surface area contributed by atoms with Crippen molar-refractivity contribution in [2.24, 2.45) is 7.05 Å². The largest absolute Gasteiger partial charge is 0.339 e. The summed E-state index contributed by atoms with van der Waals surface area (Å²) in [6.45, 7) is 5.81. The molecule has 7 nitrogen and oxygen atoms in total. The normalized spacial score (nSPS) is 17.8. The van der Waals surface area contributed by atoms with Gasteiger partial charge in [0.2, 0.25) is 0 Å². The molecule has 6 rings (SSSR count). The molecule has 186 valence electrons. The van der Waals surface area contributed by atoms with Gasteiger partial charge < -0.3 is 14.4 Å². The molecule has 0 spiro atoms. The molecule has 2 aromatic carbocycles. The maximum absolute atomic E-state index is 14.0. The molecule has 0 N–H and O–H groups in total. The molecular formula is C29H33N5O2. The Kier molecular flexibility index (Phi) is 5.88. The van der Waals surface area contributed by atoms with Gasteiger partial charge in [-0.25, -0.2) is 0 Å². The van der Waals surface area contributed by atoms with Gasteiger partial charge in [-0.2, -0.15) is 9.78 Å². The zero-order valence-electron chi connectivity index (χ0n) is 21.1. The summed E-state index contributed by atoms with van der Waals surface area (Å²) in [4.78, 5) is 32.3. The van der Waals surface area contributed by atoms with E-state index >= 15 is 0 Å². The lowest BCUT2D eigenvalue weighted by Gasteiger charge is -2.40. The number of amides is 1. The fourth-order valence-electron chi connectivity index (χ4n) is 6.06. The van der Waals surface area contributed by atoms with Crippen LogP contribution in [-0.2, 0) is 7.05 Å². The molecule has 2 fully saturated rings. The molecule has 2 aliphatic rings. The van der Waals surface area contributed by atoms with E-state index in [1.54, 1.807) is 0 Å². The van der Waals surface area contributed by atoms with Gasteiger partial charge >= 0.3 is 0 Å². The van der Waals surface area contributed by atoms with Crippen LogP contribution in [0.2, 0.25) is 0 Å². The van der Waals surface area contributed by atoms with Crippen molar-refractivity contribution in [3.8, 4) is 5.69 Å². The Labute approximate surface area is 210 Å². The Bertz CT molecular complexity index is 1490. The average Bonchev–Trinajstić information content (AvgIpc) is 3.23. The van der Waals surface area contributed by atoms with Crippen molar-refractivity contribution in [1.29, 1.82) is 0 Å². The summed E-state index contributed by atoms with van der Waals surface area (Å²) < 4.78 is 3.30. The number of aryl methyl sites for hydroxylation is 2. The molecule has 2 saturated heterocycles. The first-order valence-corrected chi connectivity index (χ1v) is 13.1. The van der Waals surface area contributed by atoms with Crippen LogP contribution in [0.25, 0.3) is 27.5 Å². The standard InChI is InChI=1S/C29H33N5O2/c1-20-10-12-22(13-11-20)34-29(36)27-25(23-8-4-5-9-24(23)31(27)2)26(30-34)28(35)33-18-14-21(15-19-33)32-16-6-3-7-17-32/h4-5,8-13,21H,3,6-7,14-19H2,1-2H3. The smallest absolute Gasteiger partial charge is 0.296 e. The molecule has 36 heavy (non-hydrogen) atoms. The van der Waals surface area contributed by atoms with Crippen LogP contribution in [0.15, 0.2) is 53.3 Å². The van der Waals surface area contributed by atoms with Crippen molar-refractivity contribution in [1.82, 2.24) is 24.1 Å². The van der Waals surface area contributed by atoms with Gasteiger partial charge in [0.1, 0.15) is 5.52 Å². The average molecular weight is 484 g/mol. The van der Waals surface area contributed by atoms with Gasteiger partial charge in [-0.3, -0.25) is 9.59 Å². The van der Waals surface area contributed by atoms with Gasteiger partial charge in [0.05, 0.1) is 5.69 Å². The van der Waals surface area contributed by atoms with E-state index in [1.807, 2.05) is 72.0 Å². The lowest BCUT2D eigenvalue weighted by atomic mass is 9.99. The number of fused-ring (bicyclic) bond motifs is 3. The van der Waals surface area contributed by atoms with E-state index in [1.165, 1.54) is 37.0 Å². The van der Waals surface area contributed by atoms with Gasteiger partial charge in [-0.1, -0.05) is 42.3 Å². The quantitative estimate of drug-likeness (QED) is 0.437. The predicted octanol–water partition coefficient (Wildman–Crippen LogP) is 4.28. The molecule has 0 saturated carbocycles. The van der Waals surface area contributed by atoms with Crippen LogP contribution in [-0.4, -0.2) is 62.3 Å². The van der Waals surface area contributed by atoms with E-state index in [0.29, 0.717) is 28.3 Å². The van der Waals surface area contributed by atoms with Crippen molar-refractivity contribution in [3.05, 3.63) is 70.1 Å². The zero-order valence-corrected chi connectivity index (χ0v) is 21.1. The number of benzene rings is 2. The van der Waals surface area contributed by atoms with Gasteiger partial charge in [0.25, 0.3) is 11.5 Å². The molecule has 4 heterocycles. The van der Waals surface area contributed by atoms with E-state index in [-0.39, 0.29) is 11.5 Å². The number of carbonyl (C=O) groups excluding carboxylic acids is 1. The van der Waals surface area contributed by atoms with Crippen molar-refractivity contribution in [2.75, 3.05) is 26.2 Å². The van der Waals surface area contributed by atoms with E-state index in [9.17, 15) is 9.59 Å². The number of hydrogen-bond donors (Lipinski definition) is 0. The Morgan fingerprint density at radius 1 is 0.917 bits per heavy atom. The third kappa shape index (κ3) is 3.82. The second kappa shape index (κ2) is 9.21. The van der Waals surface area contributed by atoms with Crippen LogP contribution in [0.4, 0.5) is 0 Å². The fraction of sp³-hybridized carbons (Fsp3) is 0.414. The molecule has 0 aliphatic carbocycles. The summed E-state index contributed by atoms with van der Waals surface area (Å²) in [6, 6.07) is 16.1. The minimum atomic E-state index is -0.215. The maximum Gasteiger partial charge on any atom is 0.296 e. The number of likely N-dealkylation sites (tertiary alicyclic amines) is 2. The van der Waals surface area contributed by atoms with Gasteiger partial charge in [-0.05, 0) is 63.9 Å². The van der Waals surface area contributed by atoms with Crippen molar-refractivity contribution in [2.45, 2.75) is 45.1 Å². The number of rotatable bonds is 3. The molecule has 7 heteroatoms.